The molecule has 1 aliphatic heterocycles. The van der Waals surface area contributed by atoms with E-state index in [9.17, 15) is 0 Å². The lowest BCUT2D eigenvalue weighted by atomic mass is 9.79. The minimum Gasteiger partial charge on any atom is -0.497 e. The maximum Gasteiger partial charge on any atom is 0.119 e. The maximum atomic E-state index is 5.40. The molecule has 0 aromatic heterocycles. The van der Waals surface area contributed by atoms with Gasteiger partial charge in [0.05, 0.1) is 7.11 Å². The molecule has 106 valence electrons. The molecule has 0 aliphatic carbocycles. The highest BCUT2D eigenvalue weighted by atomic mass is 16.5. The van der Waals surface area contributed by atoms with Gasteiger partial charge in [0.2, 0.25) is 0 Å². The van der Waals surface area contributed by atoms with Crippen LogP contribution in [0.2, 0.25) is 0 Å². The fraction of sp³-hybridized carbons (Fsp3) is 0.647. The number of methoxy groups -OCH3 is 1. The van der Waals surface area contributed by atoms with E-state index in [0.717, 1.165) is 12.3 Å². The van der Waals surface area contributed by atoms with Crippen LogP contribution in [0, 0.1) is 5.92 Å². The number of hydrogen-bond donors (Lipinski definition) is 1. The van der Waals surface area contributed by atoms with Gasteiger partial charge in [-0.1, -0.05) is 38.8 Å². The summed E-state index contributed by atoms with van der Waals surface area (Å²) < 4.78 is 5.40. The Morgan fingerprint density at radius 1 is 1.26 bits per heavy atom. The van der Waals surface area contributed by atoms with Crippen molar-refractivity contribution in [2.24, 2.45) is 5.92 Å². The molecule has 1 aromatic carbocycles. The Balaban J connectivity index is 2.34. The largest absolute Gasteiger partial charge is 0.497 e. The summed E-state index contributed by atoms with van der Waals surface area (Å²) in [6.45, 7) is 5.76. The fourth-order valence-electron chi connectivity index (χ4n) is 3.30. The van der Waals surface area contributed by atoms with Crippen molar-refractivity contribution in [2.75, 3.05) is 13.7 Å². The van der Waals surface area contributed by atoms with Crippen molar-refractivity contribution in [1.29, 1.82) is 0 Å². The quantitative estimate of drug-likeness (QED) is 0.881. The molecule has 1 atom stereocenters. The molecule has 0 amide bonds. The van der Waals surface area contributed by atoms with Crippen molar-refractivity contribution < 1.29 is 4.74 Å². The van der Waals surface area contributed by atoms with E-state index in [4.69, 9.17) is 4.74 Å². The van der Waals surface area contributed by atoms with Crippen LogP contribution in [0.5, 0.6) is 5.75 Å². The molecule has 1 unspecified atom stereocenters. The van der Waals surface area contributed by atoms with Gasteiger partial charge in [0.25, 0.3) is 0 Å². The van der Waals surface area contributed by atoms with E-state index < -0.39 is 0 Å². The summed E-state index contributed by atoms with van der Waals surface area (Å²) in [5.41, 5.74) is 1.53. The van der Waals surface area contributed by atoms with Gasteiger partial charge >= 0.3 is 0 Å². The molecule has 0 saturated carbocycles. The monoisotopic (exact) mass is 261 g/mol. The Hall–Kier alpha value is -1.02. The van der Waals surface area contributed by atoms with Crippen LogP contribution in [0.3, 0.4) is 0 Å². The lowest BCUT2D eigenvalue weighted by Gasteiger charge is -2.36. The van der Waals surface area contributed by atoms with Gasteiger partial charge in [-0.05, 0) is 49.4 Å². The third-order valence-electron chi connectivity index (χ3n) is 4.12. The third kappa shape index (κ3) is 3.50. The molecule has 2 nitrogen and oxygen atoms in total. The second kappa shape index (κ2) is 6.42. The van der Waals surface area contributed by atoms with Crippen LogP contribution in [0.25, 0.3) is 0 Å². The van der Waals surface area contributed by atoms with E-state index >= 15 is 0 Å². The number of hydrogen-bond acceptors (Lipinski definition) is 2. The van der Waals surface area contributed by atoms with Crippen LogP contribution in [-0.4, -0.2) is 13.7 Å². The van der Waals surface area contributed by atoms with Crippen LogP contribution in [0.1, 0.15) is 51.5 Å². The van der Waals surface area contributed by atoms with Gasteiger partial charge in [0.15, 0.2) is 0 Å². The Morgan fingerprint density at radius 3 is 2.84 bits per heavy atom. The third-order valence-corrected chi connectivity index (χ3v) is 4.12. The van der Waals surface area contributed by atoms with Crippen LogP contribution in [0.4, 0.5) is 0 Å². The van der Waals surface area contributed by atoms with Crippen LogP contribution in [0.15, 0.2) is 24.3 Å². The van der Waals surface area contributed by atoms with Crippen molar-refractivity contribution in [3.05, 3.63) is 29.8 Å². The van der Waals surface area contributed by atoms with Gasteiger partial charge in [-0.25, -0.2) is 0 Å². The van der Waals surface area contributed by atoms with Crippen LogP contribution < -0.4 is 10.1 Å². The molecule has 2 rings (SSSR count). The summed E-state index contributed by atoms with van der Waals surface area (Å²) in [7, 11) is 1.74. The molecule has 1 fully saturated rings. The lowest BCUT2D eigenvalue weighted by molar-refractivity contribution is 0.262. The molecular formula is C17H27NO. The van der Waals surface area contributed by atoms with Crippen molar-refractivity contribution in [3.63, 3.8) is 0 Å². The summed E-state index contributed by atoms with van der Waals surface area (Å²) in [6, 6.07) is 8.61. The van der Waals surface area contributed by atoms with Gasteiger partial charge < -0.3 is 10.1 Å². The first kappa shape index (κ1) is 14.4. The lowest BCUT2D eigenvalue weighted by Crippen LogP contribution is -2.43. The predicted octanol–water partition coefficient (Wildman–Crippen LogP) is 4.10. The molecule has 1 N–H and O–H groups in total. The molecular weight excluding hydrogens is 234 g/mol. The molecule has 1 aromatic rings. The summed E-state index contributed by atoms with van der Waals surface area (Å²) in [5.74, 6) is 1.66. The first-order valence-electron chi connectivity index (χ1n) is 7.56. The van der Waals surface area contributed by atoms with Gasteiger partial charge in [0, 0.05) is 5.54 Å². The van der Waals surface area contributed by atoms with E-state index in [1.165, 1.54) is 37.7 Å². The Labute approximate surface area is 117 Å². The number of nitrogens with one attached hydrogen (secondary N) is 1. The minimum atomic E-state index is 0.138. The topological polar surface area (TPSA) is 21.3 Å². The number of ether oxygens (including phenoxy) is 1. The molecule has 0 bridgehead atoms. The fourth-order valence-corrected chi connectivity index (χ4v) is 3.30. The second-order valence-electron chi connectivity index (χ2n) is 6.15. The molecule has 0 radical (unpaired) electrons. The van der Waals surface area contributed by atoms with Crippen LogP contribution >= 0.6 is 0 Å². The normalized spacial score (nSPS) is 24.2. The van der Waals surface area contributed by atoms with Gasteiger partial charge in [-0.2, -0.15) is 0 Å². The Bertz CT molecular complexity index is 392. The molecule has 1 heterocycles. The standard InChI is InChI=1S/C17H27NO/c1-14(2)13-17(10-5-4-6-11-18-17)15-8-7-9-16(12-15)19-3/h7-9,12,14,18H,4-6,10-11,13H2,1-3H3. The molecule has 1 saturated heterocycles. The highest BCUT2D eigenvalue weighted by Gasteiger charge is 2.33. The van der Waals surface area contributed by atoms with Crippen molar-refractivity contribution in [2.45, 2.75) is 51.5 Å². The average molecular weight is 261 g/mol. The summed E-state index contributed by atoms with van der Waals surface area (Å²) in [4.78, 5) is 0. The van der Waals surface area contributed by atoms with E-state index in [-0.39, 0.29) is 5.54 Å². The summed E-state index contributed by atoms with van der Waals surface area (Å²) >= 11 is 0. The number of benzene rings is 1. The number of rotatable bonds is 4. The zero-order chi connectivity index (χ0) is 13.7. The average Bonchev–Trinajstić information content (AvgIpc) is 2.65. The maximum absolute atomic E-state index is 5.40. The highest BCUT2D eigenvalue weighted by molar-refractivity contribution is 5.33. The summed E-state index contributed by atoms with van der Waals surface area (Å²) in [5, 5.41) is 3.84. The Morgan fingerprint density at radius 2 is 2.11 bits per heavy atom. The second-order valence-corrected chi connectivity index (χ2v) is 6.15. The van der Waals surface area contributed by atoms with Crippen molar-refractivity contribution in [3.8, 4) is 5.75 Å². The van der Waals surface area contributed by atoms with Gasteiger partial charge in [0.1, 0.15) is 5.75 Å². The first-order chi connectivity index (χ1) is 9.16. The smallest absolute Gasteiger partial charge is 0.119 e. The van der Waals surface area contributed by atoms with E-state index in [1.54, 1.807) is 7.11 Å². The highest BCUT2D eigenvalue weighted by Crippen LogP contribution is 2.36. The van der Waals surface area contributed by atoms with E-state index in [2.05, 4.69) is 37.4 Å². The minimum absolute atomic E-state index is 0.138. The van der Waals surface area contributed by atoms with Crippen molar-refractivity contribution in [1.82, 2.24) is 5.32 Å². The zero-order valence-electron chi connectivity index (χ0n) is 12.5. The van der Waals surface area contributed by atoms with Gasteiger partial charge in [-0.15, -0.1) is 0 Å². The molecule has 0 spiro atoms. The zero-order valence-corrected chi connectivity index (χ0v) is 12.5. The van der Waals surface area contributed by atoms with Crippen LogP contribution in [-0.2, 0) is 5.54 Å². The SMILES string of the molecule is COc1cccc(C2(CC(C)C)CCCCCN2)c1. The van der Waals surface area contributed by atoms with E-state index in [0.29, 0.717) is 5.92 Å². The van der Waals surface area contributed by atoms with Gasteiger partial charge in [-0.3, -0.25) is 0 Å². The van der Waals surface area contributed by atoms with Crippen molar-refractivity contribution >= 4 is 0 Å². The molecule has 2 heteroatoms. The Kier molecular flexibility index (Phi) is 4.87. The summed E-state index contributed by atoms with van der Waals surface area (Å²) in [6.07, 6.45) is 6.38. The molecule has 1 aliphatic rings. The van der Waals surface area contributed by atoms with E-state index in [1.807, 2.05) is 6.07 Å². The predicted molar refractivity (Wildman–Crippen MR) is 80.6 cm³/mol. The first-order valence-corrected chi connectivity index (χ1v) is 7.56. The molecule has 19 heavy (non-hydrogen) atoms.